The fraction of sp³-hybridized carbons (Fsp3) is 0.364. The molecular weight excluding hydrogens is 194 g/mol. The van der Waals surface area contributed by atoms with Crippen molar-refractivity contribution in [3.63, 3.8) is 0 Å². The van der Waals surface area contributed by atoms with Crippen molar-refractivity contribution in [1.29, 1.82) is 0 Å². The summed E-state index contributed by atoms with van der Waals surface area (Å²) in [6.07, 6.45) is 0.587. The van der Waals surface area contributed by atoms with E-state index in [1.54, 1.807) is 19.1 Å². The average Bonchev–Trinajstić information content (AvgIpc) is 2.26. The molecule has 1 N–H and O–H groups in total. The van der Waals surface area contributed by atoms with Gasteiger partial charge in [0.1, 0.15) is 0 Å². The lowest BCUT2D eigenvalue weighted by atomic mass is 9.94. The Hall–Kier alpha value is -1.42. The number of aliphatic hydroxyl groups is 1. The summed E-state index contributed by atoms with van der Waals surface area (Å²) in [5.74, 6) is 0.760. The molecule has 0 aliphatic rings. The molecule has 1 aromatic rings. The van der Waals surface area contributed by atoms with Gasteiger partial charge in [-0.25, -0.2) is 0 Å². The Kier molecular flexibility index (Phi) is 3.80. The zero-order valence-corrected chi connectivity index (χ0v) is 8.86. The average molecular weight is 208 g/mol. The van der Waals surface area contributed by atoms with Crippen molar-refractivity contribution < 1.29 is 10.0 Å². The van der Waals surface area contributed by atoms with Crippen molar-refractivity contribution >= 4 is 5.69 Å². The molecule has 0 bridgehead atoms. The summed E-state index contributed by atoms with van der Waals surface area (Å²) in [6, 6.07) is 4.94. The molecule has 0 aliphatic heterocycles. The van der Waals surface area contributed by atoms with Gasteiger partial charge < -0.3 is 5.11 Å². The smallest absolute Gasteiger partial charge is 0.272 e. The molecule has 4 heteroatoms. The van der Waals surface area contributed by atoms with Crippen molar-refractivity contribution in [2.45, 2.75) is 20.3 Å². The zero-order chi connectivity index (χ0) is 11.4. The molecule has 0 spiro atoms. The minimum absolute atomic E-state index is 0.0752. The summed E-state index contributed by atoms with van der Waals surface area (Å²) >= 11 is 0. The predicted octanol–water partition coefficient (Wildman–Crippen LogP) is 2.09. The third kappa shape index (κ3) is 2.33. The molecule has 1 radical (unpaired) electrons. The van der Waals surface area contributed by atoms with Crippen molar-refractivity contribution in [3.05, 3.63) is 45.4 Å². The molecule has 0 atom stereocenters. The van der Waals surface area contributed by atoms with Gasteiger partial charge in [0.15, 0.2) is 0 Å². The van der Waals surface area contributed by atoms with Gasteiger partial charge in [-0.15, -0.1) is 0 Å². The Morgan fingerprint density at radius 2 is 2.20 bits per heavy atom. The standard InChI is InChI=1S/C11H14NO3/c1-3-9-10(8(2)7-13)5-4-6-11(9)12(14)15/h4-6,13H,3,7H2,1-2H3. The van der Waals surface area contributed by atoms with E-state index >= 15 is 0 Å². The van der Waals surface area contributed by atoms with Crippen LogP contribution in [0.1, 0.15) is 25.0 Å². The SMILES string of the molecule is CCc1c([C](C)CO)cccc1[N+](=O)[O-]. The van der Waals surface area contributed by atoms with Crippen LogP contribution in [0.2, 0.25) is 0 Å². The van der Waals surface area contributed by atoms with E-state index in [1.807, 2.05) is 6.92 Å². The first-order chi connectivity index (χ1) is 7.11. The van der Waals surface area contributed by atoms with Gasteiger partial charge >= 0.3 is 0 Å². The second kappa shape index (κ2) is 4.89. The minimum atomic E-state index is -0.382. The highest BCUT2D eigenvalue weighted by molar-refractivity contribution is 5.50. The third-order valence-corrected chi connectivity index (χ3v) is 2.40. The number of nitrogens with zero attached hydrogens (tertiary/aromatic N) is 1. The van der Waals surface area contributed by atoms with Crippen molar-refractivity contribution in [1.82, 2.24) is 0 Å². The predicted molar refractivity (Wildman–Crippen MR) is 57.6 cm³/mol. The van der Waals surface area contributed by atoms with Crippen molar-refractivity contribution in [2.75, 3.05) is 6.61 Å². The summed E-state index contributed by atoms with van der Waals surface area (Å²) in [4.78, 5) is 10.4. The van der Waals surface area contributed by atoms with Crippen molar-refractivity contribution in [3.8, 4) is 0 Å². The van der Waals surface area contributed by atoms with Crippen LogP contribution in [0, 0.1) is 16.0 Å². The number of nitro groups is 1. The molecule has 0 fully saturated rings. The lowest BCUT2D eigenvalue weighted by Gasteiger charge is -2.12. The zero-order valence-electron chi connectivity index (χ0n) is 8.86. The summed E-state index contributed by atoms with van der Waals surface area (Å²) in [5, 5.41) is 19.8. The minimum Gasteiger partial charge on any atom is -0.395 e. The number of benzene rings is 1. The van der Waals surface area contributed by atoms with Gasteiger partial charge in [0.25, 0.3) is 5.69 Å². The molecule has 4 nitrogen and oxygen atoms in total. The van der Waals surface area contributed by atoms with Crippen LogP contribution in [0.3, 0.4) is 0 Å². The highest BCUT2D eigenvalue weighted by atomic mass is 16.6. The van der Waals surface area contributed by atoms with Crippen LogP contribution in [0.5, 0.6) is 0 Å². The van der Waals surface area contributed by atoms with E-state index in [0.717, 1.165) is 11.5 Å². The van der Waals surface area contributed by atoms with Gasteiger partial charge in [-0.1, -0.05) is 26.0 Å². The molecule has 0 saturated heterocycles. The maximum Gasteiger partial charge on any atom is 0.272 e. The number of rotatable bonds is 4. The maximum absolute atomic E-state index is 10.8. The normalized spacial score (nSPS) is 10.7. The second-order valence-electron chi connectivity index (χ2n) is 3.35. The molecule has 0 aliphatic carbocycles. The van der Waals surface area contributed by atoms with Crippen LogP contribution >= 0.6 is 0 Å². The quantitative estimate of drug-likeness (QED) is 0.608. The van der Waals surface area contributed by atoms with Crippen LogP contribution in [0.25, 0.3) is 0 Å². The van der Waals surface area contributed by atoms with Crippen LogP contribution in [0.15, 0.2) is 18.2 Å². The Balaban J connectivity index is 3.28. The van der Waals surface area contributed by atoms with Gasteiger partial charge in [-0.05, 0) is 12.0 Å². The first-order valence-corrected chi connectivity index (χ1v) is 4.81. The van der Waals surface area contributed by atoms with Gasteiger partial charge in [-0.3, -0.25) is 10.1 Å². The van der Waals surface area contributed by atoms with Crippen molar-refractivity contribution in [2.24, 2.45) is 0 Å². The summed E-state index contributed by atoms with van der Waals surface area (Å²) < 4.78 is 0. The molecule has 15 heavy (non-hydrogen) atoms. The summed E-state index contributed by atoms with van der Waals surface area (Å²) in [5.41, 5.74) is 1.60. The molecule has 81 valence electrons. The second-order valence-corrected chi connectivity index (χ2v) is 3.35. The maximum atomic E-state index is 10.8. The van der Waals surface area contributed by atoms with Crippen LogP contribution in [0.4, 0.5) is 5.69 Å². The molecule has 0 aromatic heterocycles. The number of nitro benzene ring substituents is 1. The van der Waals surface area contributed by atoms with E-state index in [9.17, 15) is 10.1 Å². The molecule has 1 aromatic carbocycles. The van der Waals surface area contributed by atoms with E-state index in [0.29, 0.717) is 12.0 Å². The van der Waals surface area contributed by atoms with E-state index in [-0.39, 0.29) is 17.2 Å². The van der Waals surface area contributed by atoms with E-state index in [4.69, 9.17) is 5.11 Å². The largest absolute Gasteiger partial charge is 0.395 e. The molecule has 1 rings (SSSR count). The van der Waals surface area contributed by atoms with Gasteiger partial charge in [-0.2, -0.15) is 0 Å². The Morgan fingerprint density at radius 3 is 2.67 bits per heavy atom. The Labute approximate surface area is 88.7 Å². The van der Waals surface area contributed by atoms with Gasteiger partial charge in [0, 0.05) is 17.5 Å². The van der Waals surface area contributed by atoms with Crippen LogP contribution in [-0.4, -0.2) is 16.6 Å². The van der Waals surface area contributed by atoms with E-state index in [2.05, 4.69) is 0 Å². The Bertz CT molecular complexity index is 363. The molecule has 0 unspecified atom stereocenters. The molecule has 0 amide bonds. The number of hydrogen-bond donors (Lipinski definition) is 1. The lowest BCUT2D eigenvalue weighted by Crippen LogP contribution is -2.06. The first kappa shape index (κ1) is 11.7. The molecule has 0 saturated carbocycles. The van der Waals surface area contributed by atoms with E-state index in [1.165, 1.54) is 6.07 Å². The van der Waals surface area contributed by atoms with Gasteiger partial charge in [0.05, 0.1) is 11.5 Å². The molecular formula is C11H14NO3. The number of hydrogen-bond acceptors (Lipinski definition) is 3. The molecule has 0 heterocycles. The van der Waals surface area contributed by atoms with Gasteiger partial charge in [0.2, 0.25) is 0 Å². The van der Waals surface area contributed by atoms with Crippen LogP contribution < -0.4 is 0 Å². The van der Waals surface area contributed by atoms with Crippen LogP contribution in [-0.2, 0) is 6.42 Å². The monoisotopic (exact) mass is 208 g/mol. The first-order valence-electron chi connectivity index (χ1n) is 4.81. The summed E-state index contributed by atoms with van der Waals surface area (Å²) in [7, 11) is 0. The highest BCUT2D eigenvalue weighted by Crippen LogP contribution is 2.27. The Morgan fingerprint density at radius 1 is 1.53 bits per heavy atom. The highest BCUT2D eigenvalue weighted by Gasteiger charge is 2.18. The summed E-state index contributed by atoms with van der Waals surface area (Å²) in [6.45, 7) is 3.57. The fourth-order valence-electron chi connectivity index (χ4n) is 1.60. The third-order valence-electron chi connectivity index (χ3n) is 2.40. The van der Waals surface area contributed by atoms with E-state index < -0.39 is 0 Å². The topological polar surface area (TPSA) is 63.4 Å². The number of aliphatic hydroxyl groups excluding tert-OH is 1. The fourth-order valence-corrected chi connectivity index (χ4v) is 1.60. The lowest BCUT2D eigenvalue weighted by molar-refractivity contribution is -0.385.